The molecule has 0 saturated heterocycles. The monoisotopic (exact) mass is 222 g/mol. The molecule has 0 radical (unpaired) electrons. The number of carbonyl (C=O) groups excluding carboxylic acids is 1. The fourth-order valence-corrected chi connectivity index (χ4v) is 1.90. The zero-order chi connectivity index (χ0) is 12.3. The van der Waals surface area contributed by atoms with Gasteiger partial charge in [-0.25, -0.2) is 0 Å². The van der Waals surface area contributed by atoms with E-state index in [1.54, 1.807) is 0 Å². The number of aryl methyl sites for hydroxylation is 2. The molecule has 0 spiro atoms. The maximum atomic E-state index is 11.3. The van der Waals surface area contributed by atoms with Gasteiger partial charge in [-0.3, -0.25) is 0 Å². The van der Waals surface area contributed by atoms with Crippen LogP contribution < -0.4 is 10.9 Å². The second kappa shape index (κ2) is 5.00. The SMILES string of the molecule is Cc1ccc(B(C=O)c2ccc(C)cc2)cc1. The van der Waals surface area contributed by atoms with Crippen LogP contribution in [0.5, 0.6) is 0 Å². The molecule has 0 aliphatic rings. The van der Waals surface area contributed by atoms with Gasteiger partial charge in [0.05, 0.1) is 6.19 Å². The van der Waals surface area contributed by atoms with Crippen molar-refractivity contribution >= 4 is 23.8 Å². The van der Waals surface area contributed by atoms with E-state index in [1.165, 1.54) is 11.1 Å². The number of carbonyl (C=O) groups is 1. The van der Waals surface area contributed by atoms with E-state index in [4.69, 9.17) is 0 Å². The molecule has 0 aromatic heterocycles. The molecular weight excluding hydrogens is 207 g/mol. The van der Waals surface area contributed by atoms with Gasteiger partial charge in [-0.1, -0.05) is 70.6 Å². The normalized spacial score (nSPS) is 10.0. The molecule has 0 N–H and O–H groups in total. The van der Waals surface area contributed by atoms with Crippen LogP contribution in [0.3, 0.4) is 0 Å². The molecule has 0 aliphatic heterocycles. The molecule has 2 aromatic carbocycles. The Balaban J connectivity index is 2.36. The van der Waals surface area contributed by atoms with Gasteiger partial charge in [0.2, 0.25) is 0 Å². The lowest BCUT2D eigenvalue weighted by molar-refractivity contribution is 0.568. The number of benzene rings is 2. The molecule has 0 heterocycles. The average Bonchev–Trinajstić information content (AvgIpc) is 2.35. The van der Waals surface area contributed by atoms with Crippen molar-refractivity contribution in [3.8, 4) is 0 Å². The Bertz CT molecular complexity index is 454. The van der Waals surface area contributed by atoms with Crippen molar-refractivity contribution in [1.82, 2.24) is 0 Å². The van der Waals surface area contributed by atoms with Gasteiger partial charge in [0.15, 0.2) is 0 Å². The molecule has 0 atom stereocenters. The third-order valence-corrected chi connectivity index (χ3v) is 3.01. The highest BCUT2D eigenvalue weighted by Crippen LogP contribution is 1.97. The summed E-state index contributed by atoms with van der Waals surface area (Å²) in [6.07, 6.45) is 1.01. The van der Waals surface area contributed by atoms with Gasteiger partial charge >= 0.3 is 0 Å². The Hall–Kier alpha value is -1.83. The largest absolute Gasteiger partial charge is 0.314 e. The number of rotatable bonds is 3. The van der Waals surface area contributed by atoms with Crippen molar-refractivity contribution in [2.45, 2.75) is 13.8 Å². The summed E-state index contributed by atoms with van der Waals surface area (Å²) >= 11 is 0. The van der Waals surface area contributed by atoms with Crippen LogP contribution in [0.1, 0.15) is 11.1 Å². The van der Waals surface area contributed by atoms with Gasteiger partial charge in [-0.05, 0) is 13.8 Å². The van der Waals surface area contributed by atoms with Crippen molar-refractivity contribution in [2.24, 2.45) is 0 Å². The minimum atomic E-state index is -0.156. The van der Waals surface area contributed by atoms with E-state index >= 15 is 0 Å². The molecule has 0 unspecified atom stereocenters. The van der Waals surface area contributed by atoms with E-state index in [0.29, 0.717) is 0 Å². The molecule has 17 heavy (non-hydrogen) atoms. The van der Waals surface area contributed by atoms with Crippen LogP contribution in [0.4, 0.5) is 0 Å². The van der Waals surface area contributed by atoms with Crippen molar-refractivity contribution in [3.05, 3.63) is 59.7 Å². The summed E-state index contributed by atoms with van der Waals surface area (Å²) in [6.45, 7) is 3.94. The van der Waals surface area contributed by atoms with Gasteiger partial charge in [-0.15, -0.1) is 0 Å². The zero-order valence-corrected chi connectivity index (χ0v) is 10.2. The highest BCUT2D eigenvalue weighted by Gasteiger charge is 2.17. The van der Waals surface area contributed by atoms with Crippen LogP contribution in [-0.2, 0) is 4.79 Å². The van der Waals surface area contributed by atoms with Gasteiger partial charge in [0.1, 0.15) is 0 Å². The van der Waals surface area contributed by atoms with Crippen LogP contribution in [0.2, 0.25) is 0 Å². The summed E-state index contributed by atoms with van der Waals surface area (Å²) in [6, 6.07) is 16.3. The average molecular weight is 222 g/mol. The molecule has 2 aromatic rings. The lowest BCUT2D eigenvalue weighted by Gasteiger charge is -2.08. The Morgan fingerprint density at radius 2 is 1.12 bits per heavy atom. The summed E-state index contributed by atoms with van der Waals surface area (Å²) < 4.78 is 0. The maximum absolute atomic E-state index is 11.3. The van der Waals surface area contributed by atoms with Crippen molar-refractivity contribution in [1.29, 1.82) is 0 Å². The second-order valence-corrected chi connectivity index (χ2v) is 4.44. The zero-order valence-electron chi connectivity index (χ0n) is 10.2. The van der Waals surface area contributed by atoms with Crippen molar-refractivity contribution < 1.29 is 4.79 Å². The quantitative estimate of drug-likeness (QED) is 0.570. The van der Waals surface area contributed by atoms with Crippen LogP contribution in [0, 0.1) is 13.8 Å². The molecule has 0 saturated carbocycles. The lowest BCUT2D eigenvalue weighted by atomic mass is 9.42. The Kier molecular flexibility index (Phi) is 3.43. The van der Waals surface area contributed by atoms with E-state index in [2.05, 4.69) is 0 Å². The fraction of sp³-hybridized carbons (Fsp3) is 0.133. The summed E-state index contributed by atoms with van der Waals surface area (Å²) in [5, 5.41) is 0. The van der Waals surface area contributed by atoms with E-state index in [1.807, 2.05) is 62.4 Å². The highest BCUT2D eigenvalue weighted by atomic mass is 16.1. The molecular formula is C15H15BO. The Morgan fingerprint density at radius 3 is 1.41 bits per heavy atom. The first kappa shape index (κ1) is 11.7. The van der Waals surface area contributed by atoms with E-state index in [-0.39, 0.29) is 6.71 Å². The molecule has 0 fully saturated rings. The maximum Gasteiger partial charge on any atom is 0.283 e. The van der Waals surface area contributed by atoms with Gasteiger partial charge in [0, 0.05) is 0 Å². The molecule has 0 amide bonds. The lowest BCUT2D eigenvalue weighted by Crippen LogP contribution is -2.43. The van der Waals surface area contributed by atoms with Gasteiger partial charge in [-0.2, -0.15) is 0 Å². The number of hydrogen-bond donors (Lipinski definition) is 0. The predicted molar refractivity (Wildman–Crippen MR) is 74.1 cm³/mol. The summed E-state index contributed by atoms with van der Waals surface area (Å²) in [5.74, 6) is 0. The third-order valence-electron chi connectivity index (χ3n) is 3.01. The Morgan fingerprint density at radius 1 is 0.765 bits per heavy atom. The number of hydrogen-bond acceptors (Lipinski definition) is 1. The molecule has 84 valence electrons. The summed E-state index contributed by atoms with van der Waals surface area (Å²) in [4.78, 5) is 11.3. The second-order valence-electron chi connectivity index (χ2n) is 4.44. The van der Waals surface area contributed by atoms with E-state index in [0.717, 1.165) is 17.1 Å². The molecule has 2 heteroatoms. The minimum absolute atomic E-state index is 0.156. The fourth-order valence-electron chi connectivity index (χ4n) is 1.90. The molecule has 0 aliphatic carbocycles. The van der Waals surface area contributed by atoms with Gasteiger partial charge in [0.25, 0.3) is 6.71 Å². The molecule has 0 bridgehead atoms. The Labute approximate surface area is 103 Å². The van der Waals surface area contributed by atoms with E-state index in [9.17, 15) is 4.79 Å². The van der Waals surface area contributed by atoms with E-state index < -0.39 is 0 Å². The summed E-state index contributed by atoms with van der Waals surface area (Å²) in [5.41, 5.74) is 4.52. The highest BCUT2D eigenvalue weighted by molar-refractivity contribution is 7.04. The van der Waals surface area contributed by atoms with Crippen molar-refractivity contribution in [3.63, 3.8) is 0 Å². The topological polar surface area (TPSA) is 17.1 Å². The first-order chi connectivity index (χ1) is 8.20. The van der Waals surface area contributed by atoms with Crippen LogP contribution in [0.25, 0.3) is 0 Å². The smallest absolute Gasteiger partial charge is 0.283 e. The summed E-state index contributed by atoms with van der Waals surface area (Å²) in [7, 11) is 0. The van der Waals surface area contributed by atoms with Gasteiger partial charge < -0.3 is 4.79 Å². The molecule has 2 rings (SSSR count). The standard InChI is InChI=1S/C15H15BO/c1-12-3-7-14(8-4-12)16(11-17)15-9-5-13(2)6-10-15/h3-11H,1-2H3. The third kappa shape index (κ3) is 2.65. The first-order valence-corrected chi connectivity index (χ1v) is 5.79. The predicted octanol–water partition coefficient (Wildman–Crippen LogP) is 1.68. The van der Waals surface area contributed by atoms with Crippen LogP contribution >= 0.6 is 0 Å². The first-order valence-electron chi connectivity index (χ1n) is 5.79. The molecule has 1 nitrogen and oxygen atoms in total. The van der Waals surface area contributed by atoms with Crippen LogP contribution in [-0.4, -0.2) is 12.9 Å². The van der Waals surface area contributed by atoms with Crippen LogP contribution in [0.15, 0.2) is 48.5 Å². The minimum Gasteiger partial charge on any atom is -0.314 e. The van der Waals surface area contributed by atoms with Crippen molar-refractivity contribution in [2.75, 3.05) is 0 Å².